The van der Waals surface area contributed by atoms with Crippen molar-refractivity contribution in [2.75, 3.05) is 26.2 Å². The highest BCUT2D eigenvalue weighted by Gasteiger charge is 2.20. The molecule has 16 heavy (non-hydrogen) atoms. The van der Waals surface area contributed by atoms with E-state index in [0.717, 1.165) is 30.7 Å². The molecule has 0 bridgehead atoms. The van der Waals surface area contributed by atoms with Gasteiger partial charge in [0.15, 0.2) is 0 Å². The number of hydrogen-bond donors (Lipinski definition) is 0. The lowest BCUT2D eigenvalue weighted by Gasteiger charge is -2.35. The van der Waals surface area contributed by atoms with Crippen molar-refractivity contribution >= 4 is 8.69 Å². The van der Waals surface area contributed by atoms with Gasteiger partial charge in [-0.05, 0) is 24.3 Å². The number of rotatable bonds is 8. The summed E-state index contributed by atoms with van der Waals surface area (Å²) in [6.45, 7) is 18.8. The second kappa shape index (κ2) is 12.1. The van der Waals surface area contributed by atoms with Gasteiger partial charge >= 0.3 is 0 Å². The van der Waals surface area contributed by atoms with Crippen LogP contribution in [0.25, 0.3) is 0 Å². The van der Waals surface area contributed by atoms with Crippen molar-refractivity contribution in [3.63, 3.8) is 0 Å². The van der Waals surface area contributed by atoms with Gasteiger partial charge in [-0.15, -0.1) is 0 Å². The van der Waals surface area contributed by atoms with Crippen LogP contribution in [0, 0.1) is 0 Å². The lowest BCUT2D eigenvalue weighted by atomic mass is 10.3. The highest BCUT2D eigenvalue weighted by molar-refractivity contribution is 7.14. The van der Waals surface area contributed by atoms with E-state index in [0.29, 0.717) is 0 Å². The van der Waals surface area contributed by atoms with E-state index in [-0.39, 0.29) is 0 Å². The molecule has 0 atom stereocenters. The summed E-state index contributed by atoms with van der Waals surface area (Å²) in [5.74, 6) is 0. The minimum atomic E-state index is -1.08. The van der Waals surface area contributed by atoms with E-state index < -0.39 is 8.69 Å². The monoisotopic (exact) mass is 241 g/mol. The molecule has 0 aliphatic rings. The van der Waals surface area contributed by atoms with Crippen LogP contribution < -0.4 is 4.89 Å². The number of quaternary nitrogens is 1. The molecule has 0 aromatic heterocycles. The SMILES string of the molecule is C=CC[N+](CC=C)(CC=C)CC=C.O=P[O-]. The molecule has 0 saturated carbocycles. The first kappa shape index (κ1) is 17.4. The highest BCUT2D eigenvalue weighted by atomic mass is 31.1. The van der Waals surface area contributed by atoms with E-state index in [4.69, 9.17) is 9.46 Å². The maximum absolute atomic E-state index is 8.35. The molecule has 3 nitrogen and oxygen atoms in total. The van der Waals surface area contributed by atoms with Gasteiger partial charge in [0, 0.05) is 0 Å². The second-order valence-corrected chi connectivity index (χ2v) is 3.45. The molecule has 0 rings (SSSR count). The zero-order chi connectivity index (χ0) is 12.9. The lowest BCUT2D eigenvalue weighted by molar-refractivity contribution is -0.906. The summed E-state index contributed by atoms with van der Waals surface area (Å²) >= 11 is 0. The Morgan fingerprint density at radius 3 is 1.19 bits per heavy atom. The van der Waals surface area contributed by atoms with Gasteiger partial charge in [-0.25, -0.2) is 0 Å². The van der Waals surface area contributed by atoms with Crippen molar-refractivity contribution in [2.45, 2.75) is 0 Å². The van der Waals surface area contributed by atoms with Crippen molar-refractivity contribution in [1.82, 2.24) is 0 Å². The van der Waals surface area contributed by atoms with Crippen LogP contribution >= 0.6 is 8.69 Å². The quantitative estimate of drug-likeness (QED) is 0.371. The van der Waals surface area contributed by atoms with E-state index in [1.54, 1.807) is 0 Å². The molecule has 0 fully saturated rings. The molecule has 0 aromatic carbocycles. The van der Waals surface area contributed by atoms with Crippen molar-refractivity contribution in [1.29, 1.82) is 0 Å². The Morgan fingerprint density at radius 2 is 1.06 bits per heavy atom. The molecule has 0 saturated heterocycles. The Bertz CT molecular complexity index is 194. The minimum Gasteiger partial charge on any atom is -0.772 e. The average molecular weight is 241 g/mol. The molecular weight excluding hydrogens is 221 g/mol. The smallest absolute Gasteiger partial charge is 0.0978 e. The summed E-state index contributed by atoms with van der Waals surface area (Å²) in [5, 5.41) is 0. The van der Waals surface area contributed by atoms with Crippen LogP contribution in [0.2, 0.25) is 0 Å². The summed E-state index contributed by atoms with van der Waals surface area (Å²) in [4.78, 5) is 8.35. The first-order valence-electron chi connectivity index (χ1n) is 4.90. The van der Waals surface area contributed by atoms with E-state index in [1.807, 2.05) is 24.3 Å². The first-order chi connectivity index (χ1) is 7.66. The predicted molar refractivity (Wildman–Crippen MR) is 68.1 cm³/mol. The molecule has 0 amide bonds. The van der Waals surface area contributed by atoms with Crippen LogP contribution in [-0.4, -0.2) is 30.7 Å². The molecule has 4 heteroatoms. The van der Waals surface area contributed by atoms with Crippen molar-refractivity contribution in [3.8, 4) is 0 Å². The van der Waals surface area contributed by atoms with Crippen LogP contribution in [0.5, 0.6) is 0 Å². The van der Waals surface area contributed by atoms with Crippen molar-refractivity contribution < 1.29 is 13.9 Å². The molecule has 0 aliphatic heterocycles. The van der Waals surface area contributed by atoms with Crippen molar-refractivity contribution in [3.05, 3.63) is 50.6 Å². The van der Waals surface area contributed by atoms with Gasteiger partial charge in [0.1, 0.15) is 0 Å². The van der Waals surface area contributed by atoms with Gasteiger partial charge in [0.25, 0.3) is 0 Å². The second-order valence-electron chi connectivity index (χ2n) is 3.30. The third-order valence-corrected chi connectivity index (χ3v) is 2.07. The molecule has 0 aliphatic carbocycles. The largest absolute Gasteiger partial charge is 0.772 e. The summed E-state index contributed by atoms with van der Waals surface area (Å²) in [7, 11) is -1.08. The minimum absolute atomic E-state index is 0.903. The zero-order valence-electron chi connectivity index (χ0n) is 9.68. The average Bonchev–Trinajstić information content (AvgIpc) is 2.20. The van der Waals surface area contributed by atoms with Gasteiger partial charge < -0.3 is 9.38 Å². The molecule has 0 radical (unpaired) electrons. The fourth-order valence-electron chi connectivity index (χ4n) is 1.54. The Hall–Kier alpha value is -1.02. The van der Waals surface area contributed by atoms with Crippen LogP contribution in [0.3, 0.4) is 0 Å². The van der Waals surface area contributed by atoms with E-state index in [1.165, 1.54) is 0 Å². The lowest BCUT2D eigenvalue weighted by Crippen LogP contribution is -2.48. The van der Waals surface area contributed by atoms with Gasteiger partial charge in [0.2, 0.25) is 0 Å². The predicted octanol–water partition coefficient (Wildman–Crippen LogP) is 2.10. The van der Waals surface area contributed by atoms with Gasteiger partial charge in [-0.1, -0.05) is 26.3 Å². The zero-order valence-corrected chi connectivity index (χ0v) is 10.6. The molecule has 90 valence electrons. The Kier molecular flexibility index (Phi) is 13.1. The highest BCUT2D eigenvalue weighted by Crippen LogP contribution is 2.07. The topological polar surface area (TPSA) is 40.1 Å². The normalized spacial score (nSPS) is 9.81. The fourth-order valence-corrected chi connectivity index (χ4v) is 1.54. The van der Waals surface area contributed by atoms with Gasteiger partial charge in [-0.3, -0.25) is 4.57 Å². The van der Waals surface area contributed by atoms with Crippen LogP contribution in [0.15, 0.2) is 50.6 Å². The Morgan fingerprint density at radius 1 is 0.875 bits per heavy atom. The maximum Gasteiger partial charge on any atom is 0.0978 e. The number of nitrogens with zero attached hydrogens (tertiary/aromatic N) is 1. The van der Waals surface area contributed by atoms with Gasteiger partial charge in [-0.2, -0.15) is 0 Å². The third-order valence-electron chi connectivity index (χ3n) is 2.07. The Balaban J connectivity index is 0. The van der Waals surface area contributed by atoms with E-state index in [9.17, 15) is 0 Å². The summed E-state index contributed by atoms with van der Waals surface area (Å²) in [6, 6.07) is 0. The molecule has 0 spiro atoms. The van der Waals surface area contributed by atoms with E-state index >= 15 is 0 Å². The summed E-state index contributed by atoms with van der Waals surface area (Å²) in [5.41, 5.74) is 0. The van der Waals surface area contributed by atoms with Crippen LogP contribution in [0.4, 0.5) is 0 Å². The maximum atomic E-state index is 8.35. The molecule has 0 heterocycles. The van der Waals surface area contributed by atoms with Gasteiger partial charge in [0.05, 0.1) is 34.9 Å². The first-order valence-corrected chi connectivity index (χ1v) is 5.63. The van der Waals surface area contributed by atoms with E-state index in [2.05, 4.69) is 26.3 Å². The van der Waals surface area contributed by atoms with Crippen LogP contribution in [0.1, 0.15) is 0 Å². The third kappa shape index (κ3) is 8.30. The standard InChI is InChI=1S/C12H20N.HO2P/c1-5-9-13(10-6-2,11-7-3)12-8-4;1-3-2/h5-8H,1-4,9-12H2;(H,1,2)/q+1;/p-1. The molecule has 0 N–H and O–H groups in total. The molecule has 0 aromatic rings. The summed E-state index contributed by atoms with van der Waals surface area (Å²) in [6.07, 6.45) is 7.76. The van der Waals surface area contributed by atoms with Crippen molar-refractivity contribution in [2.24, 2.45) is 0 Å². The van der Waals surface area contributed by atoms with Crippen LogP contribution in [-0.2, 0) is 4.57 Å². The Labute approximate surface area is 100.0 Å². The molecular formula is C12H20NO2P. The molecule has 0 unspecified atom stereocenters. The number of hydrogen-bond acceptors (Lipinski definition) is 2. The fraction of sp³-hybridized carbons (Fsp3) is 0.333. The summed E-state index contributed by atoms with van der Waals surface area (Å²) < 4.78 is 9.25.